The van der Waals surface area contributed by atoms with Gasteiger partial charge in [0.1, 0.15) is 0 Å². The third-order valence-corrected chi connectivity index (χ3v) is 7.53. The molecule has 1 aliphatic rings. The van der Waals surface area contributed by atoms with Gasteiger partial charge in [0.05, 0.1) is 17.8 Å². The van der Waals surface area contributed by atoms with E-state index in [9.17, 15) is 0 Å². The molecule has 4 nitrogen and oxygen atoms in total. The van der Waals surface area contributed by atoms with Gasteiger partial charge in [-0.05, 0) is 105 Å². The van der Waals surface area contributed by atoms with E-state index in [-0.39, 0.29) is 12.1 Å². The molecule has 2 aromatic heterocycles. The standard InChI is InChI=1S/C28H27BrN4S/c1-17-11-12-23(14-18(17)2)33-27(26(31-28(33)34)25-10-5-6-13-30-25)24-15-19(3)32(20(24)4)22-9-7-8-21(29)16-22/h5-16,26-27H,1-4H3,(H,31,34)/t26-,27+/m0/s1. The van der Waals surface area contributed by atoms with E-state index in [0.29, 0.717) is 0 Å². The Morgan fingerprint density at radius 2 is 1.71 bits per heavy atom. The van der Waals surface area contributed by atoms with Crippen LogP contribution in [0.2, 0.25) is 0 Å². The zero-order chi connectivity index (χ0) is 24.0. The lowest BCUT2D eigenvalue weighted by Gasteiger charge is -2.28. The number of anilines is 1. The highest BCUT2D eigenvalue weighted by Crippen LogP contribution is 2.44. The summed E-state index contributed by atoms with van der Waals surface area (Å²) in [5.41, 5.74) is 9.34. The van der Waals surface area contributed by atoms with Gasteiger partial charge in [-0.15, -0.1) is 0 Å². The quantitative estimate of drug-likeness (QED) is 0.286. The van der Waals surface area contributed by atoms with Gasteiger partial charge in [0.2, 0.25) is 0 Å². The number of halogens is 1. The van der Waals surface area contributed by atoms with Crippen molar-refractivity contribution in [3.63, 3.8) is 0 Å². The summed E-state index contributed by atoms with van der Waals surface area (Å²) in [6.07, 6.45) is 1.85. The maximum atomic E-state index is 5.92. The molecular formula is C28H27BrN4S. The van der Waals surface area contributed by atoms with Crippen molar-refractivity contribution < 1.29 is 0 Å². The molecule has 1 fully saturated rings. The Hall–Kier alpha value is -2.96. The van der Waals surface area contributed by atoms with Crippen molar-refractivity contribution >= 4 is 38.9 Å². The molecule has 2 aromatic carbocycles. The van der Waals surface area contributed by atoms with Crippen LogP contribution in [-0.2, 0) is 0 Å². The van der Waals surface area contributed by atoms with Gasteiger partial charge in [-0.3, -0.25) is 4.98 Å². The van der Waals surface area contributed by atoms with Crippen LogP contribution in [0.15, 0.2) is 77.4 Å². The summed E-state index contributed by atoms with van der Waals surface area (Å²) in [6.45, 7) is 8.64. The Kier molecular flexibility index (Phi) is 6.04. The Balaban J connectivity index is 1.69. The van der Waals surface area contributed by atoms with Gasteiger partial charge >= 0.3 is 0 Å². The largest absolute Gasteiger partial charge is 0.351 e. The van der Waals surface area contributed by atoms with Gasteiger partial charge in [-0.25, -0.2) is 0 Å². The van der Waals surface area contributed by atoms with E-state index in [1.807, 2.05) is 18.3 Å². The van der Waals surface area contributed by atoms with E-state index in [1.165, 1.54) is 28.1 Å². The summed E-state index contributed by atoms with van der Waals surface area (Å²) < 4.78 is 3.38. The molecule has 34 heavy (non-hydrogen) atoms. The number of hydrogen-bond donors (Lipinski definition) is 1. The Bertz CT molecular complexity index is 1380. The number of thiocarbonyl (C=S) groups is 1. The maximum Gasteiger partial charge on any atom is 0.174 e. The van der Waals surface area contributed by atoms with Crippen molar-refractivity contribution in [3.05, 3.63) is 111 Å². The monoisotopic (exact) mass is 530 g/mol. The van der Waals surface area contributed by atoms with Crippen LogP contribution >= 0.6 is 28.1 Å². The molecule has 0 radical (unpaired) electrons. The number of aromatic nitrogens is 2. The molecule has 0 saturated carbocycles. The molecule has 3 heterocycles. The highest BCUT2D eigenvalue weighted by atomic mass is 79.9. The zero-order valence-electron chi connectivity index (χ0n) is 19.7. The number of hydrogen-bond acceptors (Lipinski definition) is 2. The fourth-order valence-electron chi connectivity index (χ4n) is 4.92. The molecule has 0 spiro atoms. The molecule has 0 amide bonds. The van der Waals surface area contributed by atoms with E-state index in [1.54, 1.807) is 0 Å². The first-order valence-corrected chi connectivity index (χ1v) is 12.6. The minimum atomic E-state index is -0.0632. The molecular weight excluding hydrogens is 504 g/mol. The second-order valence-corrected chi connectivity index (χ2v) is 10.2. The number of rotatable bonds is 4. The number of nitrogens with zero attached hydrogens (tertiary/aromatic N) is 3. The lowest BCUT2D eigenvalue weighted by molar-refractivity contribution is 0.565. The number of benzene rings is 2. The number of aryl methyl sites for hydroxylation is 3. The Morgan fingerprint density at radius 1 is 0.882 bits per heavy atom. The van der Waals surface area contributed by atoms with Crippen molar-refractivity contribution in [2.75, 3.05) is 4.90 Å². The van der Waals surface area contributed by atoms with E-state index < -0.39 is 0 Å². The minimum Gasteiger partial charge on any atom is -0.351 e. The molecule has 5 rings (SSSR count). The molecule has 2 atom stereocenters. The predicted molar refractivity (Wildman–Crippen MR) is 147 cm³/mol. The van der Waals surface area contributed by atoms with Gasteiger partial charge in [0.15, 0.2) is 5.11 Å². The van der Waals surface area contributed by atoms with Crippen LogP contribution in [-0.4, -0.2) is 14.7 Å². The highest BCUT2D eigenvalue weighted by molar-refractivity contribution is 9.10. The summed E-state index contributed by atoms with van der Waals surface area (Å²) in [5.74, 6) is 0. The average molecular weight is 532 g/mol. The van der Waals surface area contributed by atoms with Crippen LogP contribution in [0.1, 0.15) is 45.9 Å². The zero-order valence-corrected chi connectivity index (χ0v) is 22.1. The average Bonchev–Trinajstić information content (AvgIpc) is 3.31. The molecule has 6 heteroatoms. The van der Waals surface area contributed by atoms with Crippen molar-refractivity contribution in [2.45, 2.75) is 39.8 Å². The first-order chi connectivity index (χ1) is 16.3. The number of pyridine rings is 1. The van der Waals surface area contributed by atoms with Gasteiger partial charge in [-0.1, -0.05) is 34.1 Å². The Labute approximate surface area is 214 Å². The van der Waals surface area contributed by atoms with Gasteiger partial charge < -0.3 is 14.8 Å². The smallest absolute Gasteiger partial charge is 0.174 e. The third-order valence-electron chi connectivity index (χ3n) is 6.72. The van der Waals surface area contributed by atoms with Gasteiger partial charge in [0, 0.05) is 33.4 Å². The second-order valence-electron chi connectivity index (χ2n) is 8.91. The summed E-state index contributed by atoms with van der Waals surface area (Å²) in [6, 6.07) is 23.2. The van der Waals surface area contributed by atoms with Gasteiger partial charge in [-0.2, -0.15) is 0 Å². The first kappa shape index (κ1) is 22.8. The Morgan fingerprint density at radius 3 is 2.41 bits per heavy atom. The topological polar surface area (TPSA) is 33.1 Å². The molecule has 0 bridgehead atoms. The van der Waals surface area contributed by atoms with Crippen LogP contribution in [0.3, 0.4) is 0 Å². The highest BCUT2D eigenvalue weighted by Gasteiger charge is 2.42. The summed E-state index contributed by atoms with van der Waals surface area (Å²) >= 11 is 9.55. The normalized spacial score (nSPS) is 17.8. The fourth-order valence-corrected chi connectivity index (χ4v) is 5.66. The minimum absolute atomic E-state index is 0.0309. The lowest BCUT2D eigenvalue weighted by atomic mass is 9.96. The fraction of sp³-hybridized carbons (Fsp3) is 0.214. The van der Waals surface area contributed by atoms with Crippen LogP contribution in [0.5, 0.6) is 0 Å². The number of nitrogens with one attached hydrogen (secondary N) is 1. The molecule has 1 saturated heterocycles. The molecule has 4 aromatic rings. The molecule has 1 N–H and O–H groups in total. The van der Waals surface area contributed by atoms with E-state index in [0.717, 1.165) is 26.7 Å². The first-order valence-electron chi connectivity index (χ1n) is 11.4. The van der Waals surface area contributed by atoms with Gasteiger partial charge in [0.25, 0.3) is 0 Å². The van der Waals surface area contributed by atoms with Crippen molar-refractivity contribution in [3.8, 4) is 5.69 Å². The molecule has 1 aliphatic heterocycles. The van der Waals surface area contributed by atoms with E-state index >= 15 is 0 Å². The SMILES string of the molecule is Cc1ccc(N2C(=S)N[C@@H](c3ccccn3)[C@H]2c2cc(C)n(-c3cccc(Br)c3)c2C)cc1C. The van der Waals surface area contributed by atoms with E-state index in [4.69, 9.17) is 17.2 Å². The summed E-state index contributed by atoms with van der Waals surface area (Å²) in [4.78, 5) is 6.96. The van der Waals surface area contributed by atoms with Crippen LogP contribution in [0.25, 0.3) is 5.69 Å². The maximum absolute atomic E-state index is 5.92. The molecule has 0 unspecified atom stereocenters. The van der Waals surface area contributed by atoms with Crippen LogP contribution < -0.4 is 10.2 Å². The van der Waals surface area contributed by atoms with Crippen molar-refractivity contribution in [1.29, 1.82) is 0 Å². The molecule has 0 aliphatic carbocycles. The third kappa shape index (κ3) is 3.95. The van der Waals surface area contributed by atoms with Crippen LogP contribution in [0, 0.1) is 27.7 Å². The van der Waals surface area contributed by atoms with Crippen molar-refractivity contribution in [1.82, 2.24) is 14.9 Å². The lowest BCUT2D eigenvalue weighted by Crippen LogP contribution is -2.29. The predicted octanol–water partition coefficient (Wildman–Crippen LogP) is 7.05. The molecule has 172 valence electrons. The summed E-state index contributed by atoms with van der Waals surface area (Å²) in [5, 5.41) is 4.30. The van der Waals surface area contributed by atoms with E-state index in [2.05, 4.69) is 113 Å². The van der Waals surface area contributed by atoms with Crippen molar-refractivity contribution in [2.24, 2.45) is 0 Å². The summed E-state index contributed by atoms with van der Waals surface area (Å²) in [7, 11) is 0. The second kappa shape index (κ2) is 9.01. The van der Waals surface area contributed by atoms with Crippen LogP contribution in [0.4, 0.5) is 5.69 Å².